The lowest BCUT2D eigenvalue weighted by molar-refractivity contribution is 0.596. The summed E-state index contributed by atoms with van der Waals surface area (Å²) in [6, 6.07) is 0.509. The van der Waals surface area contributed by atoms with Crippen molar-refractivity contribution in [2.45, 2.75) is 45.9 Å². The lowest BCUT2D eigenvalue weighted by Crippen LogP contribution is -2.15. The largest absolute Gasteiger partial charge is 0.278 e. The van der Waals surface area contributed by atoms with E-state index in [0.29, 0.717) is 11.3 Å². The molecule has 2 heteroatoms. The Morgan fingerprint density at radius 2 is 1.82 bits per heavy atom. The van der Waals surface area contributed by atoms with Crippen LogP contribution in [0.25, 0.3) is 0 Å². The van der Waals surface area contributed by atoms with E-state index in [1.807, 2.05) is 11.8 Å². The van der Waals surface area contributed by atoms with E-state index in [9.17, 15) is 0 Å². The van der Waals surface area contributed by atoms with Crippen LogP contribution in [-0.2, 0) is 0 Å². The fraction of sp³-hybridized carbons (Fsp3) is 0.889. The molecule has 0 aromatic heterocycles. The smallest absolute Gasteiger partial charge is 0.0736 e. The van der Waals surface area contributed by atoms with Crippen molar-refractivity contribution in [2.75, 3.05) is 0 Å². The molecule has 2 atom stereocenters. The van der Waals surface area contributed by atoms with Crippen molar-refractivity contribution in [3.05, 3.63) is 0 Å². The molecule has 0 aliphatic carbocycles. The first-order chi connectivity index (χ1) is 4.91. The fourth-order valence-electron chi connectivity index (χ4n) is 0.965. The van der Waals surface area contributed by atoms with Crippen molar-refractivity contribution in [1.29, 1.82) is 0 Å². The molecule has 0 fully saturated rings. The minimum atomic E-state index is 0.254. The Bertz CT molecular complexity index is 178. The van der Waals surface area contributed by atoms with Crippen LogP contribution in [0, 0.1) is 5.41 Å². The molecule has 0 aromatic rings. The Hall–Kier alpha value is 0.0200. The second kappa shape index (κ2) is 2.81. The number of rotatable bonds is 0. The molecule has 0 aromatic carbocycles. The predicted octanol–water partition coefficient (Wildman–Crippen LogP) is 2.95. The molecule has 1 aliphatic heterocycles. The van der Waals surface area contributed by atoms with Gasteiger partial charge in [-0.3, -0.25) is 4.99 Å². The second-order valence-electron chi connectivity index (χ2n) is 4.25. The number of thioether (sulfide) groups is 1. The first kappa shape index (κ1) is 9.11. The molecule has 0 saturated carbocycles. The van der Waals surface area contributed by atoms with Crippen LogP contribution in [0.15, 0.2) is 4.99 Å². The van der Waals surface area contributed by atoms with Crippen molar-refractivity contribution >= 4 is 16.8 Å². The summed E-state index contributed by atoms with van der Waals surface area (Å²) in [6.45, 7) is 11.1. The summed E-state index contributed by atoms with van der Waals surface area (Å²) >= 11 is 1.93. The Balaban J connectivity index is 2.71. The third-order valence-electron chi connectivity index (χ3n) is 1.94. The summed E-state index contributed by atoms with van der Waals surface area (Å²) < 4.78 is 0. The van der Waals surface area contributed by atoms with E-state index >= 15 is 0 Å². The molecule has 1 nitrogen and oxygen atoms in total. The van der Waals surface area contributed by atoms with Crippen LogP contribution in [0.2, 0.25) is 0 Å². The van der Waals surface area contributed by atoms with E-state index in [2.05, 4.69) is 39.6 Å². The summed E-state index contributed by atoms with van der Waals surface area (Å²) in [5.41, 5.74) is 0.254. The van der Waals surface area contributed by atoms with Gasteiger partial charge >= 0.3 is 0 Å². The molecule has 0 radical (unpaired) electrons. The van der Waals surface area contributed by atoms with Crippen molar-refractivity contribution in [1.82, 2.24) is 0 Å². The number of hydrogen-bond donors (Lipinski definition) is 0. The van der Waals surface area contributed by atoms with Gasteiger partial charge in [0.15, 0.2) is 0 Å². The molecule has 1 rings (SSSR count). The standard InChI is InChI=1S/C9H17NS/c1-6-7(2)11-8(10-6)9(3,4)5/h6-7H,1-5H3. The lowest BCUT2D eigenvalue weighted by atomic mass is 9.98. The van der Waals surface area contributed by atoms with Gasteiger partial charge < -0.3 is 0 Å². The third kappa shape index (κ3) is 1.98. The third-order valence-corrected chi connectivity index (χ3v) is 3.65. The molecule has 2 unspecified atom stereocenters. The van der Waals surface area contributed by atoms with Crippen LogP contribution in [0.3, 0.4) is 0 Å². The van der Waals surface area contributed by atoms with Gasteiger partial charge in [-0.05, 0) is 6.92 Å². The Labute approximate surface area is 73.7 Å². The van der Waals surface area contributed by atoms with Crippen LogP contribution in [-0.4, -0.2) is 16.3 Å². The minimum Gasteiger partial charge on any atom is -0.278 e. The zero-order valence-electron chi connectivity index (χ0n) is 8.01. The van der Waals surface area contributed by atoms with Crippen LogP contribution < -0.4 is 0 Å². The number of hydrogen-bond acceptors (Lipinski definition) is 2. The van der Waals surface area contributed by atoms with Gasteiger partial charge in [0.2, 0.25) is 0 Å². The highest BCUT2D eigenvalue weighted by molar-refractivity contribution is 8.14. The molecular formula is C9H17NS. The first-order valence-electron chi connectivity index (χ1n) is 4.16. The Morgan fingerprint density at radius 1 is 1.27 bits per heavy atom. The van der Waals surface area contributed by atoms with Gasteiger partial charge in [0.05, 0.1) is 11.1 Å². The normalized spacial score (nSPS) is 32.3. The SMILES string of the molecule is CC1N=C(C(C)(C)C)SC1C. The first-order valence-corrected chi connectivity index (χ1v) is 5.04. The van der Waals surface area contributed by atoms with Crippen LogP contribution >= 0.6 is 11.8 Å². The molecule has 0 saturated heterocycles. The second-order valence-corrected chi connectivity index (χ2v) is 5.61. The molecule has 64 valence electrons. The van der Waals surface area contributed by atoms with Gasteiger partial charge in [-0.1, -0.05) is 27.7 Å². The summed E-state index contributed by atoms with van der Waals surface area (Å²) in [5.74, 6) is 0. The zero-order valence-corrected chi connectivity index (χ0v) is 8.83. The maximum Gasteiger partial charge on any atom is 0.0736 e. The van der Waals surface area contributed by atoms with E-state index in [1.54, 1.807) is 0 Å². The fourth-order valence-corrected chi connectivity index (χ4v) is 2.16. The van der Waals surface area contributed by atoms with E-state index in [4.69, 9.17) is 0 Å². The molecule has 0 spiro atoms. The monoisotopic (exact) mass is 171 g/mol. The maximum atomic E-state index is 4.62. The van der Waals surface area contributed by atoms with Gasteiger partial charge in [0.25, 0.3) is 0 Å². The molecule has 0 bridgehead atoms. The lowest BCUT2D eigenvalue weighted by Gasteiger charge is -2.17. The topological polar surface area (TPSA) is 12.4 Å². The highest BCUT2D eigenvalue weighted by Gasteiger charge is 2.29. The van der Waals surface area contributed by atoms with Crippen molar-refractivity contribution in [3.8, 4) is 0 Å². The van der Waals surface area contributed by atoms with Crippen LogP contribution in [0.4, 0.5) is 0 Å². The number of aliphatic imine (C=N–C) groups is 1. The average molecular weight is 171 g/mol. The summed E-state index contributed by atoms with van der Waals surface area (Å²) in [7, 11) is 0. The van der Waals surface area contributed by atoms with E-state index in [1.165, 1.54) is 5.04 Å². The van der Waals surface area contributed by atoms with Gasteiger partial charge in [-0.2, -0.15) is 0 Å². The van der Waals surface area contributed by atoms with E-state index in [-0.39, 0.29) is 5.41 Å². The van der Waals surface area contributed by atoms with Gasteiger partial charge in [-0.25, -0.2) is 0 Å². The quantitative estimate of drug-likeness (QED) is 0.546. The van der Waals surface area contributed by atoms with Gasteiger partial charge in [-0.15, -0.1) is 11.8 Å². The molecular weight excluding hydrogens is 154 g/mol. The molecule has 0 amide bonds. The molecule has 1 aliphatic rings. The predicted molar refractivity (Wildman–Crippen MR) is 53.4 cm³/mol. The van der Waals surface area contributed by atoms with Crippen LogP contribution in [0.1, 0.15) is 34.6 Å². The van der Waals surface area contributed by atoms with Crippen molar-refractivity contribution < 1.29 is 0 Å². The van der Waals surface area contributed by atoms with E-state index < -0.39 is 0 Å². The highest BCUT2D eigenvalue weighted by atomic mass is 32.2. The Kier molecular flexibility index (Phi) is 2.33. The summed E-state index contributed by atoms with van der Waals surface area (Å²) in [5, 5.41) is 1.99. The van der Waals surface area contributed by atoms with E-state index in [0.717, 1.165) is 0 Å². The average Bonchev–Trinajstić information content (AvgIpc) is 2.11. The molecule has 11 heavy (non-hydrogen) atoms. The maximum absolute atomic E-state index is 4.62. The van der Waals surface area contributed by atoms with Crippen LogP contribution in [0.5, 0.6) is 0 Å². The number of nitrogens with zero attached hydrogens (tertiary/aromatic N) is 1. The van der Waals surface area contributed by atoms with Crippen molar-refractivity contribution in [3.63, 3.8) is 0 Å². The zero-order chi connectivity index (χ0) is 8.65. The highest BCUT2D eigenvalue weighted by Crippen LogP contribution is 2.35. The Morgan fingerprint density at radius 3 is 2.00 bits per heavy atom. The summed E-state index contributed by atoms with van der Waals surface area (Å²) in [4.78, 5) is 4.62. The molecule has 1 heterocycles. The summed E-state index contributed by atoms with van der Waals surface area (Å²) in [6.07, 6.45) is 0. The minimum absolute atomic E-state index is 0.254. The van der Waals surface area contributed by atoms with Gasteiger partial charge in [0.1, 0.15) is 0 Å². The van der Waals surface area contributed by atoms with Crippen molar-refractivity contribution in [2.24, 2.45) is 10.4 Å². The van der Waals surface area contributed by atoms with Gasteiger partial charge in [0, 0.05) is 10.7 Å². The molecule has 0 N–H and O–H groups in total.